The molecule has 0 aromatic carbocycles. The molecular formula is C9H22N2S. The molecule has 0 radical (unpaired) electrons. The van der Waals surface area contributed by atoms with Crippen molar-refractivity contribution in [2.45, 2.75) is 33.1 Å². The number of hydrogen-bond donors (Lipinski definition) is 2. The zero-order valence-electron chi connectivity index (χ0n) is 8.34. The fourth-order valence-corrected chi connectivity index (χ4v) is 1.11. The average Bonchev–Trinajstić information content (AvgIpc) is 2.10. The molecular weight excluding hydrogens is 168 g/mol. The van der Waals surface area contributed by atoms with E-state index in [1.54, 1.807) is 0 Å². The van der Waals surface area contributed by atoms with Gasteiger partial charge >= 0.3 is 0 Å². The summed E-state index contributed by atoms with van der Waals surface area (Å²) >= 11 is 4.28. The molecule has 0 aromatic rings. The number of unbranched alkanes of at least 4 members (excludes halogenated alkanes) is 1. The molecule has 0 aliphatic rings. The molecule has 74 valence electrons. The van der Waals surface area contributed by atoms with Gasteiger partial charge in [0.2, 0.25) is 0 Å². The van der Waals surface area contributed by atoms with Gasteiger partial charge < -0.3 is 5.32 Å². The molecule has 12 heavy (non-hydrogen) atoms. The van der Waals surface area contributed by atoms with E-state index in [0.29, 0.717) is 0 Å². The van der Waals surface area contributed by atoms with Gasteiger partial charge in [0.15, 0.2) is 0 Å². The molecule has 0 heterocycles. The van der Waals surface area contributed by atoms with Crippen LogP contribution in [0.25, 0.3) is 0 Å². The summed E-state index contributed by atoms with van der Waals surface area (Å²) < 4.78 is 2.04. The van der Waals surface area contributed by atoms with Crippen molar-refractivity contribution < 1.29 is 0 Å². The van der Waals surface area contributed by atoms with Crippen molar-refractivity contribution in [3.05, 3.63) is 0 Å². The van der Waals surface area contributed by atoms with Crippen LogP contribution in [-0.2, 0) is 0 Å². The Morgan fingerprint density at radius 2 is 1.83 bits per heavy atom. The van der Waals surface area contributed by atoms with Gasteiger partial charge in [-0.05, 0) is 25.9 Å². The van der Waals surface area contributed by atoms with E-state index in [1.165, 1.54) is 19.3 Å². The van der Waals surface area contributed by atoms with E-state index in [1.807, 2.05) is 4.31 Å². The average molecular weight is 190 g/mol. The molecule has 1 N–H and O–H groups in total. The summed E-state index contributed by atoms with van der Waals surface area (Å²) in [6.07, 6.45) is 3.76. The highest BCUT2D eigenvalue weighted by Gasteiger charge is 1.93. The maximum absolute atomic E-state index is 4.28. The first-order valence-electron chi connectivity index (χ1n) is 4.95. The van der Waals surface area contributed by atoms with Crippen molar-refractivity contribution in [1.29, 1.82) is 0 Å². The number of nitrogens with zero attached hydrogens (tertiary/aromatic N) is 1. The smallest absolute Gasteiger partial charge is 0.00989 e. The summed E-state index contributed by atoms with van der Waals surface area (Å²) in [4.78, 5) is 0. The zero-order chi connectivity index (χ0) is 9.23. The lowest BCUT2D eigenvalue weighted by Crippen LogP contribution is -2.21. The monoisotopic (exact) mass is 190 g/mol. The van der Waals surface area contributed by atoms with Crippen molar-refractivity contribution >= 4 is 12.8 Å². The SMILES string of the molecule is CCCCNCCCN(S)CC. The van der Waals surface area contributed by atoms with Gasteiger partial charge in [-0.2, -0.15) is 0 Å². The molecule has 0 bridgehead atoms. The highest BCUT2D eigenvalue weighted by molar-refractivity contribution is 7.77. The van der Waals surface area contributed by atoms with Gasteiger partial charge in [-0.15, -0.1) is 0 Å². The summed E-state index contributed by atoms with van der Waals surface area (Å²) in [6, 6.07) is 0. The Balaban J connectivity index is 2.90. The third-order valence-corrected chi connectivity index (χ3v) is 2.32. The van der Waals surface area contributed by atoms with Gasteiger partial charge in [0.25, 0.3) is 0 Å². The lowest BCUT2D eigenvalue weighted by atomic mass is 10.3. The first kappa shape index (κ1) is 12.3. The number of rotatable bonds is 8. The second kappa shape index (κ2) is 9.36. The van der Waals surface area contributed by atoms with E-state index in [0.717, 1.165) is 26.2 Å². The molecule has 0 saturated carbocycles. The van der Waals surface area contributed by atoms with Gasteiger partial charge in [0.1, 0.15) is 0 Å². The first-order chi connectivity index (χ1) is 5.81. The quantitative estimate of drug-likeness (QED) is 0.449. The molecule has 3 heteroatoms. The van der Waals surface area contributed by atoms with Gasteiger partial charge in [-0.1, -0.05) is 33.1 Å². The van der Waals surface area contributed by atoms with E-state index in [4.69, 9.17) is 0 Å². The Hall–Kier alpha value is 0.270. The molecule has 0 rings (SSSR count). The van der Waals surface area contributed by atoms with Crippen molar-refractivity contribution in [2.75, 3.05) is 26.2 Å². The minimum Gasteiger partial charge on any atom is -0.317 e. The van der Waals surface area contributed by atoms with E-state index >= 15 is 0 Å². The van der Waals surface area contributed by atoms with Crippen LogP contribution in [-0.4, -0.2) is 30.5 Å². The lowest BCUT2D eigenvalue weighted by molar-refractivity contribution is 0.473. The van der Waals surface area contributed by atoms with E-state index in [-0.39, 0.29) is 0 Å². The highest BCUT2D eigenvalue weighted by atomic mass is 32.1. The standard InChI is InChI=1S/C9H22N2S/c1-3-5-7-10-8-6-9-11(12)4-2/h10,12H,3-9H2,1-2H3. The van der Waals surface area contributed by atoms with Crippen LogP contribution in [0, 0.1) is 0 Å². The van der Waals surface area contributed by atoms with Crippen molar-refractivity contribution in [1.82, 2.24) is 9.62 Å². The minimum absolute atomic E-state index is 1.03. The summed E-state index contributed by atoms with van der Waals surface area (Å²) in [5.41, 5.74) is 0. The van der Waals surface area contributed by atoms with Crippen LogP contribution in [0.4, 0.5) is 0 Å². The van der Waals surface area contributed by atoms with Crippen LogP contribution in [0.3, 0.4) is 0 Å². The van der Waals surface area contributed by atoms with E-state index in [9.17, 15) is 0 Å². The molecule has 2 nitrogen and oxygen atoms in total. The van der Waals surface area contributed by atoms with Crippen LogP contribution in [0.15, 0.2) is 0 Å². The number of thiol groups is 1. The third kappa shape index (κ3) is 8.37. The predicted octanol–water partition coefficient (Wildman–Crippen LogP) is 1.93. The topological polar surface area (TPSA) is 15.3 Å². The lowest BCUT2D eigenvalue weighted by Gasteiger charge is -2.11. The maximum Gasteiger partial charge on any atom is 0.00989 e. The summed E-state index contributed by atoms with van der Waals surface area (Å²) in [6.45, 7) is 8.73. The zero-order valence-corrected chi connectivity index (χ0v) is 9.24. The second-order valence-electron chi connectivity index (χ2n) is 3.00. The van der Waals surface area contributed by atoms with Crippen LogP contribution >= 0.6 is 12.8 Å². The fraction of sp³-hybridized carbons (Fsp3) is 1.00. The van der Waals surface area contributed by atoms with Crippen LogP contribution in [0.5, 0.6) is 0 Å². The molecule has 0 aromatic heterocycles. The highest BCUT2D eigenvalue weighted by Crippen LogP contribution is 1.93. The molecule has 0 fully saturated rings. The number of nitrogens with one attached hydrogen (secondary N) is 1. The molecule has 0 saturated heterocycles. The number of hydrogen-bond acceptors (Lipinski definition) is 3. The van der Waals surface area contributed by atoms with Crippen molar-refractivity contribution in [2.24, 2.45) is 0 Å². The Kier molecular flexibility index (Phi) is 9.57. The van der Waals surface area contributed by atoms with Gasteiger partial charge in [0.05, 0.1) is 0 Å². The molecule has 0 aliphatic carbocycles. The molecule has 0 spiro atoms. The summed E-state index contributed by atoms with van der Waals surface area (Å²) in [5, 5.41) is 3.41. The first-order valence-corrected chi connectivity index (χ1v) is 5.35. The fourth-order valence-electron chi connectivity index (χ4n) is 0.971. The van der Waals surface area contributed by atoms with Gasteiger partial charge in [-0.3, -0.25) is 4.31 Å². The van der Waals surface area contributed by atoms with Crippen LogP contribution < -0.4 is 5.32 Å². The summed E-state index contributed by atoms with van der Waals surface area (Å²) in [7, 11) is 0. The Morgan fingerprint density at radius 3 is 2.42 bits per heavy atom. The Labute approximate surface area is 82.3 Å². The van der Waals surface area contributed by atoms with E-state index < -0.39 is 0 Å². The van der Waals surface area contributed by atoms with E-state index in [2.05, 4.69) is 32.0 Å². The maximum atomic E-state index is 4.28. The van der Waals surface area contributed by atoms with Gasteiger partial charge in [0, 0.05) is 13.1 Å². The van der Waals surface area contributed by atoms with Crippen LogP contribution in [0.2, 0.25) is 0 Å². The summed E-state index contributed by atoms with van der Waals surface area (Å²) in [5.74, 6) is 0. The second-order valence-corrected chi connectivity index (χ2v) is 3.57. The largest absolute Gasteiger partial charge is 0.317 e. The minimum atomic E-state index is 1.03. The Bertz CT molecular complexity index is 88.6. The predicted molar refractivity (Wildman–Crippen MR) is 58.6 cm³/mol. The molecule has 0 aliphatic heterocycles. The molecule has 0 atom stereocenters. The third-order valence-electron chi connectivity index (χ3n) is 1.84. The van der Waals surface area contributed by atoms with Crippen molar-refractivity contribution in [3.63, 3.8) is 0 Å². The normalized spacial score (nSPS) is 11.0. The molecule has 0 unspecified atom stereocenters. The molecule has 0 amide bonds. The Morgan fingerprint density at radius 1 is 1.17 bits per heavy atom. The van der Waals surface area contributed by atoms with Gasteiger partial charge in [-0.25, -0.2) is 0 Å². The van der Waals surface area contributed by atoms with Crippen molar-refractivity contribution in [3.8, 4) is 0 Å². The van der Waals surface area contributed by atoms with Crippen LogP contribution in [0.1, 0.15) is 33.1 Å².